The third kappa shape index (κ3) is 5.02. The number of hydrogen-bond acceptors (Lipinski definition) is 1. The highest BCUT2D eigenvalue weighted by Crippen LogP contribution is 2.06. The van der Waals surface area contributed by atoms with Gasteiger partial charge in [-0.3, -0.25) is 0 Å². The van der Waals surface area contributed by atoms with E-state index >= 15 is 0 Å². The number of para-hydroxylation sites is 1. The van der Waals surface area contributed by atoms with Gasteiger partial charge in [0.1, 0.15) is 0 Å². The summed E-state index contributed by atoms with van der Waals surface area (Å²) in [5, 5.41) is 7.09. The van der Waals surface area contributed by atoms with Crippen molar-refractivity contribution < 1.29 is 0 Å². The highest BCUT2D eigenvalue weighted by molar-refractivity contribution is 7.80. The van der Waals surface area contributed by atoms with Gasteiger partial charge in [0.2, 0.25) is 0 Å². The topological polar surface area (TPSA) is 24.1 Å². The molecule has 3 heteroatoms. The smallest absolute Gasteiger partial charge is 0.170 e. The van der Waals surface area contributed by atoms with E-state index in [0.29, 0.717) is 5.11 Å². The van der Waals surface area contributed by atoms with Gasteiger partial charge in [-0.25, -0.2) is 0 Å². The number of thiocarbonyl (C=S) groups is 1. The molecular formula is C17H20N2S. The molecule has 2 rings (SSSR count). The molecule has 0 saturated heterocycles. The van der Waals surface area contributed by atoms with Crippen LogP contribution in [0.15, 0.2) is 54.6 Å². The summed E-state index contributed by atoms with van der Waals surface area (Å²) >= 11 is 5.26. The average Bonchev–Trinajstić information content (AvgIpc) is 2.45. The van der Waals surface area contributed by atoms with Crippen LogP contribution < -0.4 is 10.6 Å². The zero-order valence-corrected chi connectivity index (χ0v) is 12.5. The van der Waals surface area contributed by atoms with Crippen LogP contribution in [0.5, 0.6) is 0 Å². The van der Waals surface area contributed by atoms with Crippen molar-refractivity contribution >= 4 is 23.0 Å². The third-order valence-corrected chi connectivity index (χ3v) is 3.29. The van der Waals surface area contributed by atoms with E-state index < -0.39 is 0 Å². The zero-order chi connectivity index (χ0) is 14.2. The quantitative estimate of drug-likeness (QED) is 0.643. The molecule has 0 fully saturated rings. The Labute approximate surface area is 126 Å². The van der Waals surface area contributed by atoms with Crippen LogP contribution in [0.4, 0.5) is 5.69 Å². The lowest BCUT2D eigenvalue weighted by Crippen LogP contribution is -2.29. The Morgan fingerprint density at radius 1 is 1.05 bits per heavy atom. The fourth-order valence-electron chi connectivity index (χ4n) is 2.06. The first-order valence-electron chi connectivity index (χ1n) is 6.89. The predicted octanol–water partition coefficient (Wildman–Crippen LogP) is 3.91. The summed E-state index contributed by atoms with van der Waals surface area (Å²) in [6, 6.07) is 18.6. The SMILES string of the molecule is Cc1cccc(CCCNC(=S)Nc2ccccc2)c1. The van der Waals surface area contributed by atoms with Gasteiger partial charge in [0.15, 0.2) is 5.11 Å². The van der Waals surface area contributed by atoms with Gasteiger partial charge >= 0.3 is 0 Å². The monoisotopic (exact) mass is 284 g/mol. The van der Waals surface area contributed by atoms with Gasteiger partial charge < -0.3 is 10.6 Å². The van der Waals surface area contributed by atoms with E-state index in [1.165, 1.54) is 11.1 Å². The third-order valence-electron chi connectivity index (χ3n) is 3.04. The van der Waals surface area contributed by atoms with Crippen LogP contribution in [0, 0.1) is 6.92 Å². The minimum absolute atomic E-state index is 0.681. The fraction of sp³-hybridized carbons (Fsp3) is 0.235. The predicted molar refractivity (Wildman–Crippen MR) is 90.2 cm³/mol. The molecule has 0 unspecified atom stereocenters. The molecule has 104 valence electrons. The number of hydrogen-bond donors (Lipinski definition) is 2. The molecule has 0 atom stereocenters. The molecule has 0 heterocycles. The average molecular weight is 284 g/mol. The molecule has 0 aliphatic heterocycles. The Morgan fingerprint density at radius 3 is 2.60 bits per heavy atom. The number of rotatable bonds is 5. The highest BCUT2D eigenvalue weighted by atomic mass is 32.1. The molecule has 0 aromatic heterocycles. The maximum Gasteiger partial charge on any atom is 0.170 e. The molecule has 0 saturated carbocycles. The van der Waals surface area contributed by atoms with Gasteiger partial charge in [-0.2, -0.15) is 0 Å². The van der Waals surface area contributed by atoms with Crippen molar-refractivity contribution in [3.63, 3.8) is 0 Å². The molecule has 2 N–H and O–H groups in total. The normalized spacial score (nSPS) is 10.1. The lowest BCUT2D eigenvalue weighted by Gasteiger charge is -2.10. The second kappa shape index (κ2) is 7.65. The van der Waals surface area contributed by atoms with Gasteiger partial charge in [0, 0.05) is 12.2 Å². The first kappa shape index (κ1) is 14.5. The Kier molecular flexibility index (Phi) is 5.56. The maximum absolute atomic E-state index is 5.26. The minimum atomic E-state index is 0.681. The van der Waals surface area contributed by atoms with E-state index in [4.69, 9.17) is 12.2 Å². The number of aryl methyl sites for hydroxylation is 2. The minimum Gasteiger partial charge on any atom is -0.362 e. The second-order valence-corrected chi connectivity index (χ2v) is 5.25. The van der Waals surface area contributed by atoms with Crippen LogP contribution in [0.25, 0.3) is 0 Å². The van der Waals surface area contributed by atoms with E-state index in [9.17, 15) is 0 Å². The van der Waals surface area contributed by atoms with Gasteiger partial charge in [-0.15, -0.1) is 0 Å². The van der Waals surface area contributed by atoms with Gasteiger partial charge in [0.05, 0.1) is 0 Å². The summed E-state index contributed by atoms with van der Waals surface area (Å²) in [5.74, 6) is 0. The molecule has 0 radical (unpaired) electrons. The maximum atomic E-state index is 5.26. The summed E-state index contributed by atoms with van der Waals surface area (Å²) < 4.78 is 0. The van der Waals surface area contributed by atoms with Gasteiger partial charge in [-0.05, 0) is 49.7 Å². The standard InChI is InChI=1S/C17H20N2S/c1-14-7-5-8-15(13-14)9-6-12-18-17(20)19-16-10-3-2-4-11-16/h2-5,7-8,10-11,13H,6,9,12H2,1H3,(H2,18,19,20). The van der Waals surface area contributed by atoms with Crippen molar-refractivity contribution in [3.8, 4) is 0 Å². The summed E-state index contributed by atoms with van der Waals surface area (Å²) in [4.78, 5) is 0. The van der Waals surface area contributed by atoms with E-state index in [1.54, 1.807) is 0 Å². The summed E-state index contributed by atoms with van der Waals surface area (Å²) in [6.07, 6.45) is 2.14. The van der Waals surface area contributed by atoms with Crippen LogP contribution in [-0.4, -0.2) is 11.7 Å². The summed E-state index contributed by atoms with van der Waals surface area (Å²) in [7, 11) is 0. The largest absolute Gasteiger partial charge is 0.362 e. The molecule has 2 aromatic carbocycles. The first-order chi connectivity index (χ1) is 9.74. The van der Waals surface area contributed by atoms with Gasteiger partial charge in [-0.1, -0.05) is 48.0 Å². The van der Waals surface area contributed by atoms with E-state index in [0.717, 1.165) is 25.1 Å². The number of benzene rings is 2. The van der Waals surface area contributed by atoms with Crippen LogP contribution in [0.2, 0.25) is 0 Å². The summed E-state index contributed by atoms with van der Waals surface area (Å²) in [5.41, 5.74) is 3.72. The molecule has 0 aliphatic carbocycles. The Hall–Kier alpha value is -1.87. The lowest BCUT2D eigenvalue weighted by atomic mass is 10.1. The Balaban J connectivity index is 1.67. The zero-order valence-electron chi connectivity index (χ0n) is 11.7. The molecule has 0 spiro atoms. The molecule has 0 bridgehead atoms. The van der Waals surface area contributed by atoms with Crippen molar-refractivity contribution in [1.29, 1.82) is 0 Å². The van der Waals surface area contributed by atoms with Crippen molar-refractivity contribution in [2.24, 2.45) is 0 Å². The van der Waals surface area contributed by atoms with E-state index in [-0.39, 0.29) is 0 Å². The van der Waals surface area contributed by atoms with Crippen LogP contribution in [-0.2, 0) is 6.42 Å². The van der Waals surface area contributed by atoms with Crippen molar-refractivity contribution in [3.05, 3.63) is 65.7 Å². The van der Waals surface area contributed by atoms with Crippen LogP contribution in [0.3, 0.4) is 0 Å². The first-order valence-corrected chi connectivity index (χ1v) is 7.30. The van der Waals surface area contributed by atoms with Crippen molar-refractivity contribution in [2.45, 2.75) is 19.8 Å². The highest BCUT2D eigenvalue weighted by Gasteiger charge is 1.97. The van der Waals surface area contributed by atoms with E-state index in [1.807, 2.05) is 30.3 Å². The molecule has 0 aliphatic rings. The number of anilines is 1. The molecule has 2 aromatic rings. The molecule has 0 amide bonds. The summed E-state index contributed by atoms with van der Waals surface area (Å²) in [6.45, 7) is 3.01. The Morgan fingerprint density at radius 2 is 1.85 bits per heavy atom. The fourth-order valence-corrected chi connectivity index (χ4v) is 2.28. The number of nitrogens with one attached hydrogen (secondary N) is 2. The molecule has 20 heavy (non-hydrogen) atoms. The van der Waals surface area contributed by atoms with Crippen molar-refractivity contribution in [2.75, 3.05) is 11.9 Å². The molecule has 2 nitrogen and oxygen atoms in total. The van der Waals surface area contributed by atoms with Gasteiger partial charge in [0.25, 0.3) is 0 Å². The van der Waals surface area contributed by atoms with Crippen LogP contribution >= 0.6 is 12.2 Å². The second-order valence-electron chi connectivity index (χ2n) is 4.84. The van der Waals surface area contributed by atoms with E-state index in [2.05, 4.69) is 41.8 Å². The van der Waals surface area contributed by atoms with Crippen molar-refractivity contribution in [1.82, 2.24) is 5.32 Å². The Bertz CT molecular complexity index is 552. The van der Waals surface area contributed by atoms with Crippen LogP contribution in [0.1, 0.15) is 17.5 Å². The molecular weight excluding hydrogens is 264 g/mol. The lowest BCUT2D eigenvalue weighted by molar-refractivity contribution is 0.777.